The Balaban J connectivity index is 2.26. The summed E-state index contributed by atoms with van der Waals surface area (Å²) in [7, 11) is -3.13. The molecule has 7 heteroatoms. The van der Waals surface area contributed by atoms with Crippen LogP contribution in [-0.2, 0) is 9.84 Å². The fourth-order valence-corrected chi connectivity index (χ4v) is 2.50. The second kappa shape index (κ2) is 5.24. The molecule has 0 atom stereocenters. The van der Waals surface area contributed by atoms with Crippen molar-refractivity contribution in [3.8, 4) is 0 Å². The second-order valence-corrected chi connectivity index (χ2v) is 6.96. The molecule has 20 heavy (non-hydrogen) atoms. The van der Waals surface area contributed by atoms with E-state index >= 15 is 0 Å². The predicted molar refractivity (Wildman–Crippen MR) is 75.0 cm³/mol. The van der Waals surface area contributed by atoms with Gasteiger partial charge in [0.05, 0.1) is 11.3 Å². The summed E-state index contributed by atoms with van der Waals surface area (Å²) in [6.45, 7) is 1.74. The van der Waals surface area contributed by atoms with E-state index in [0.717, 1.165) is 6.26 Å². The summed E-state index contributed by atoms with van der Waals surface area (Å²) < 4.78 is 35.3. The minimum absolute atomic E-state index is 0.0269. The largest absolute Gasteiger partial charge is 0.358 e. The lowest BCUT2D eigenvalue weighted by molar-refractivity contribution is 0.0957. The number of nitrogens with one attached hydrogen (secondary N) is 2. The van der Waals surface area contributed by atoms with E-state index < -0.39 is 21.6 Å². The minimum atomic E-state index is -3.13. The third-order valence-corrected chi connectivity index (χ3v) is 3.88. The molecule has 0 unspecified atom stereocenters. The van der Waals surface area contributed by atoms with Crippen LogP contribution in [-0.4, -0.2) is 37.9 Å². The maximum atomic E-state index is 13.3. The van der Waals surface area contributed by atoms with Gasteiger partial charge in [0.1, 0.15) is 15.7 Å². The van der Waals surface area contributed by atoms with Gasteiger partial charge in [0.2, 0.25) is 0 Å². The van der Waals surface area contributed by atoms with Crippen LogP contribution < -0.4 is 5.32 Å². The SMILES string of the molecule is Cc1[nH]c2ccc(F)cc2c1C(=O)NCCS(C)(=O)=O. The average molecular weight is 298 g/mol. The molecule has 2 rings (SSSR count). The molecule has 1 amide bonds. The van der Waals surface area contributed by atoms with Crippen molar-refractivity contribution >= 4 is 26.6 Å². The molecule has 1 aromatic carbocycles. The standard InChI is InChI=1S/C13H15FN2O3S/c1-8-12(13(17)15-5-6-20(2,18)19)10-7-9(14)3-4-11(10)16-8/h3-4,7,16H,5-6H2,1-2H3,(H,15,17). The highest BCUT2D eigenvalue weighted by Gasteiger charge is 2.16. The summed E-state index contributed by atoms with van der Waals surface area (Å²) in [5.41, 5.74) is 1.62. The number of halogens is 1. The van der Waals surface area contributed by atoms with Crippen molar-refractivity contribution in [1.82, 2.24) is 10.3 Å². The highest BCUT2D eigenvalue weighted by atomic mass is 32.2. The number of rotatable bonds is 4. The lowest BCUT2D eigenvalue weighted by atomic mass is 10.1. The lowest BCUT2D eigenvalue weighted by Crippen LogP contribution is -2.29. The van der Waals surface area contributed by atoms with Crippen LogP contribution in [0.15, 0.2) is 18.2 Å². The Kier molecular flexibility index (Phi) is 3.80. The van der Waals surface area contributed by atoms with E-state index in [4.69, 9.17) is 0 Å². The zero-order chi connectivity index (χ0) is 14.9. The first-order valence-electron chi connectivity index (χ1n) is 6.01. The average Bonchev–Trinajstić information content (AvgIpc) is 2.62. The molecule has 2 N–H and O–H groups in total. The smallest absolute Gasteiger partial charge is 0.253 e. The van der Waals surface area contributed by atoms with Gasteiger partial charge in [0.25, 0.3) is 5.91 Å². The minimum Gasteiger partial charge on any atom is -0.358 e. The normalized spacial score (nSPS) is 11.8. The van der Waals surface area contributed by atoms with Crippen molar-refractivity contribution in [2.75, 3.05) is 18.6 Å². The quantitative estimate of drug-likeness (QED) is 0.895. The Morgan fingerprint density at radius 3 is 2.75 bits per heavy atom. The Morgan fingerprint density at radius 1 is 1.40 bits per heavy atom. The fraction of sp³-hybridized carbons (Fsp3) is 0.308. The van der Waals surface area contributed by atoms with Crippen molar-refractivity contribution < 1.29 is 17.6 Å². The zero-order valence-corrected chi connectivity index (χ0v) is 12.0. The van der Waals surface area contributed by atoms with Gasteiger partial charge in [-0.05, 0) is 25.1 Å². The Bertz CT molecular complexity index is 765. The van der Waals surface area contributed by atoms with Crippen LogP contribution in [0, 0.1) is 12.7 Å². The highest BCUT2D eigenvalue weighted by molar-refractivity contribution is 7.90. The van der Waals surface area contributed by atoms with Gasteiger partial charge in [-0.25, -0.2) is 12.8 Å². The van der Waals surface area contributed by atoms with E-state index in [-0.39, 0.29) is 12.3 Å². The van der Waals surface area contributed by atoms with E-state index in [0.29, 0.717) is 22.2 Å². The molecular weight excluding hydrogens is 283 g/mol. The van der Waals surface area contributed by atoms with Crippen molar-refractivity contribution in [3.63, 3.8) is 0 Å². The van der Waals surface area contributed by atoms with E-state index in [1.165, 1.54) is 12.1 Å². The van der Waals surface area contributed by atoms with Gasteiger partial charge in [0.15, 0.2) is 0 Å². The molecule has 1 aromatic heterocycles. The van der Waals surface area contributed by atoms with Gasteiger partial charge >= 0.3 is 0 Å². The molecule has 0 aliphatic carbocycles. The molecule has 0 saturated carbocycles. The van der Waals surface area contributed by atoms with Gasteiger partial charge in [0, 0.05) is 29.4 Å². The number of amides is 1. The molecule has 0 spiro atoms. The molecule has 108 valence electrons. The van der Waals surface area contributed by atoms with Crippen molar-refractivity contribution in [2.45, 2.75) is 6.92 Å². The molecule has 0 fully saturated rings. The fourth-order valence-electron chi connectivity index (χ4n) is 2.03. The van der Waals surface area contributed by atoms with Crippen LogP contribution in [0.2, 0.25) is 0 Å². The summed E-state index contributed by atoms with van der Waals surface area (Å²) in [4.78, 5) is 15.1. The zero-order valence-electron chi connectivity index (χ0n) is 11.2. The van der Waals surface area contributed by atoms with Crippen LogP contribution in [0.25, 0.3) is 10.9 Å². The third kappa shape index (κ3) is 3.16. The number of hydrogen-bond donors (Lipinski definition) is 2. The number of aryl methyl sites for hydroxylation is 1. The monoisotopic (exact) mass is 298 g/mol. The maximum Gasteiger partial charge on any atom is 0.253 e. The van der Waals surface area contributed by atoms with Crippen LogP contribution in [0.5, 0.6) is 0 Å². The summed E-state index contributed by atoms with van der Waals surface area (Å²) in [6.07, 6.45) is 1.10. The summed E-state index contributed by atoms with van der Waals surface area (Å²) >= 11 is 0. The van der Waals surface area contributed by atoms with Crippen molar-refractivity contribution in [3.05, 3.63) is 35.3 Å². The first kappa shape index (κ1) is 14.5. The van der Waals surface area contributed by atoms with Crippen LogP contribution >= 0.6 is 0 Å². The van der Waals surface area contributed by atoms with E-state index in [2.05, 4.69) is 10.3 Å². The predicted octanol–water partition coefficient (Wildman–Crippen LogP) is 1.39. The summed E-state index contributed by atoms with van der Waals surface area (Å²) in [5, 5.41) is 3.02. The molecular formula is C13H15FN2O3S. The van der Waals surface area contributed by atoms with E-state index in [1.54, 1.807) is 13.0 Å². The van der Waals surface area contributed by atoms with Crippen LogP contribution in [0.1, 0.15) is 16.1 Å². The molecule has 0 saturated heterocycles. The molecule has 0 bridgehead atoms. The van der Waals surface area contributed by atoms with Gasteiger partial charge in [-0.3, -0.25) is 4.79 Å². The third-order valence-electron chi connectivity index (χ3n) is 2.93. The molecule has 0 aliphatic heterocycles. The van der Waals surface area contributed by atoms with Crippen molar-refractivity contribution in [1.29, 1.82) is 0 Å². The topological polar surface area (TPSA) is 79.0 Å². The number of carbonyl (C=O) groups is 1. The molecule has 0 radical (unpaired) electrons. The van der Waals surface area contributed by atoms with Gasteiger partial charge < -0.3 is 10.3 Å². The van der Waals surface area contributed by atoms with Gasteiger partial charge in [-0.15, -0.1) is 0 Å². The number of hydrogen-bond acceptors (Lipinski definition) is 3. The number of aromatic amines is 1. The molecule has 2 aromatic rings. The molecule has 1 heterocycles. The molecule has 0 aliphatic rings. The number of carbonyl (C=O) groups excluding carboxylic acids is 1. The summed E-state index contributed by atoms with van der Waals surface area (Å²) in [6, 6.07) is 4.15. The first-order valence-corrected chi connectivity index (χ1v) is 8.08. The Morgan fingerprint density at radius 2 is 2.10 bits per heavy atom. The first-order chi connectivity index (χ1) is 9.28. The van der Waals surface area contributed by atoms with Gasteiger partial charge in [-0.1, -0.05) is 0 Å². The number of aromatic nitrogens is 1. The van der Waals surface area contributed by atoms with Crippen molar-refractivity contribution in [2.24, 2.45) is 0 Å². The van der Waals surface area contributed by atoms with Crippen LogP contribution in [0.3, 0.4) is 0 Å². The molecule has 5 nitrogen and oxygen atoms in total. The highest BCUT2D eigenvalue weighted by Crippen LogP contribution is 2.22. The van der Waals surface area contributed by atoms with E-state index in [9.17, 15) is 17.6 Å². The number of benzene rings is 1. The maximum absolute atomic E-state index is 13.3. The Hall–Kier alpha value is -1.89. The van der Waals surface area contributed by atoms with Crippen LogP contribution in [0.4, 0.5) is 4.39 Å². The lowest BCUT2D eigenvalue weighted by Gasteiger charge is -2.04. The number of H-pyrrole nitrogens is 1. The van der Waals surface area contributed by atoms with E-state index in [1.807, 2.05) is 0 Å². The number of fused-ring (bicyclic) bond motifs is 1. The Labute approximate surface area is 116 Å². The number of sulfone groups is 1. The second-order valence-electron chi connectivity index (χ2n) is 4.70. The summed E-state index contributed by atoms with van der Waals surface area (Å²) in [5.74, 6) is -0.973. The van der Waals surface area contributed by atoms with Gasteiger partial charge in [-0.2, -0.15) is 0 Å².